The Morgan fingerprint density at radius 1 is 0.317 bits per heavy atom. The van der Waals surface area contributed by atoms with Crippen LogP contribution in [0.25, 0.3) is 89.1 Å². The Bertz CT molecular complexity index is 3370. The Morgan fingerprint density at radius 3 is 1.55 bits per heavy atom. The molecule has 4 heteroatoms. The van der Waals surface area contributed by atoms with Crippen LogP contribution >= 0.6 is 0 Å². The number of furan rings is 1. The SMILES string of the molecule is c1ccc(-c2nc(-c3ccc(-c4cccc5c4ccc4c6ccccc6oc54)cc3)nc(-c3ccc4c(c3)C(c3ccccc3)(c3ccccc3)c3ccccc3-4)n2)cc1. The molecular weight excluding hydrogens is 731 g/mol. The zero-order chi connectivity index (χ0) is 39.6. The largest absolute Gasteiger partial charge is 0.455 e. The van der Waals surface area contributed by atoms with Crippen molar-refractivity contribution >= 4 is 32.7 Å². The van der Waals surface area contributed by atoms with Crippen molar-refractivity contribution in [3.8, 4) is 56.4 Å². The zero-order valence-electron chi connectivity index (χ0n) is 32.5. The highest BCUT2D eigenvalue weighted by molar-refractivity contribution is 6.17. The maximum absolute atomic E-state index is 6.40. The number of para-hydroxylation sites is 1. The molecule has 0 atom stereocenters. The van der Waals surface area contributed by atoms with Gasteiger partial charge in [0, 0.05) is 32.8 Å². The number of hydrogen-bond acceptors (Lipinski definition) is 4. The van der Waals surface area contributed by atoms with E-state index < -0.39 is 5.41 Å². The van der Waals surface area contributed by atoms with Crippen molar-refractivity contribution < 1.29 is 4.42 Å². The fourth-order valence-electron chi connectivity index (χ4n) is 9.52. The highest BCUT2D eigenvalue weighted by atomic mass is 16.3. The van der Waals surface area contributed by atoms with Crippen molar-refractivity contribution in [2.45, 2.75) is 5.41 Å². The molecule has 60 heavy (non-hydrogen) atoms. The van der Waals surface area contributed by atoms with E-state index in [1.807, 2.05) is 30.3 Å². The predicted octanol–water partition coefficient (Wildman–Crippen LogP) is 14.0. The molecule has 0 spiro atoms. The van der Waals surface area contributed by atoms with E-state index in [9.17, 15) is 0 Å². The number of rotatable bonds is 6. The third-order valence-corrected chi connectivity index (χ3v) is 12.2. The van der Waals surface area contributed by atoms with Crippen molar-refractivity contribution in [1.29, 1.82) is 0 Å². The Labute approximate surface area is 347 Å². The van der Waals surface area contributed by atoms with E-state index in [0.29, 0.717) is 17.5 Å². The fourth-order valence-corrected chi connectivity index (χ4v) is 9.52. The summed E-state index contributed by atoms with van der Waals surface area (Å²) in [4.78, 5) is 15.5. The maximum atomic E-state index is 6.40. The summed E-state index contributed by atoms with van der Waals surface area (Å²) in [5.74, 6) is 1.87. The summed E-state index contributed by atoms with van der Waals surface area (Å²) >= 11 is 0. The molecule has 1 aliphatic rings. The molecule has 0 saturated carbocycles. The molecule has 4 nitrogen and oxygen atoms in total. The Balaban J connectivity index is 1.00. The molecule has 0 radical (unpaired) electrons. The lowest BCUT2D eigenvalue weighted by molar-refractivity contribution is 0.672. The van der Waals surface area contributed by atoms with Crippen molar-refractivity contribution in [2.75, 3.05) is 0 Å². The van der Waals surface area contributed by atoms with Crippen molar-refractivity contribution in [3.63, 3.8) is 0 Å². The van der Waals surface area contributed by atoms with Crippen LogP contribution in [0, 0.1) is 0 Å². The van der Waals surface area contributed by atoms with Gasteiger partial charge >= 0.3 is 0 Å². The lowest BCUT2D eigenvalue weighted by Crippen LogP contribution is -2.28. The Hall–Kier alpha value is -7.95. The van der Waals surface area contributed by atoms with Crippen molar-refractivity contribution in [1.82, 2.24) is 15.0 Å². The van der Waals surface area contributed by atoms with Crippen LogP contribution in [0.2, 0.25) is 0 Å². The zero-order valence-corrected chi connectivity index (χ0v) is 32.5. The molecule has 280 valence electrons. The minimum absolute atomic E-state index is 0.532. The third kappa shape index (κ3) is 5.21. The van der Waals surface area contributed by atoms with Gasteiger partial charge in [0.1, 0.15) is 11.2 Å². The van der Waals surface area contributed by atoms with Crippen LogP contribution in [0.5, 0.6) is 0 Å². The number of aromatic nitrogens is 3. The molecule has 11 aromatic rings. The van der Waals surface area contributed by atoms with Crippen molar-refractivity contribution in [3.05, 3.63) is 235 Å². The second-order valence-electron chi connectivity index (χ2n) is 15.5. The number of hydrogen-bond donors (Lipinski definition) is 0. The molecule has 0 bridgehead atoms. The first-order valence-electron chi connectivity index (χ1n) is 20.4. The molecule has 0 fully saturated rings. The van der Waals surface area contributed by atoms with E-state index in [0.717, 1.165) is 60.5 Å². The lowest BCUT2D eigenvalue weighted by Gasteiger charge is -2.34. The van der Waals surface area contributed by atoms with Gasteiger partial charge in [-0.3, -0.25) is 0 Å². The summed E-state index contributed by atoms with van der Waals surface area (Å²) in [6.45, 7) is 0. The van der Waals surface area contributed by atoms with Gasteiger partial charge in [-0.25, -0.2) is 15.0 Å². The molecule has 0 aliphatic heterocycles. The number of benzene rings is 9. The van der Waals surface area contributed by atoms with E-state index in [-0.39, 0.29) is 0 Å². The third-order valence-electron chi connectivity index (χ3n) is 12.2. The first kappa shape index (κ1) is 34.1. The maximum Gasteiger partial charge on any atom is 0.164 e. The van der Waals surface area contributed by atoms with Gasteiger partial charge in [-0.05, 0) is 68.1 Å². The lowest BCUT2D eigenvalue weighted by atomic mass is 9.67. The molecule has 0 N–H and O–H groups in total. The first-order valence-corrected chi connectivity index (χ1v) is 20.4. The van der Waals surface area contributed by atoms with Crippen LogP contribution in [0.4, 0.5) is 0 Å². The second kappa shape index (κ2) is 13.6. The monoisotopic (exact) mass is 765 g/mol. The average molecular weight is 766 g/mol. The fraction of sp³-hybridized carbons (Fsp3) is 0.0179. The summed E-state index contributed by atoms with van der Waals surface area (Å²) in [7, 11) is 0. The second-order valence-corrected chi connectivity index (χ2v) is 15.5. The van der Waals surface area contributed by atoms with Crippen LogP contribution in [0.15, 0.2) is 217 Å². The van der Waals surface area contributed by atoms with E-state index >= 15 is 0 Å². The number of nitrogens with zero attached hydrogens (tertiary/aromatic N) is 3. The Morgan fingerprint density at radius 2 is 0.817 bits per heavy atom. The summed E-state index contributed by atoms with van der Waals surface area (Å²) in [5.41, 5.74) is 13.7. The smallest absolute Gasteiger partial charge is 0.164 e. The minimum atomic E-state index is -0.532. The summed E-state index contributed by atoms with van der Waals surface area (Å²) < 4.78 is 6.40. The van der Waals surface area contributed by atoms with Gasteiger partial charge in [0.05, 0.1) is 5.41 Å². The van der Waals surface area contributed by atoms with Gasteiger partial charge in [-0.2, -0.15) is 0 Å². The standard InChI is InChI=1S/C56H35N3O/c1-4-15-37(16-5-1)53-57-54(38-29-27-36(28-30-38)42-23-14-24-47-43(42)33-34-48-46-22-11-13-26-51(46)60-52(47)48)59-55(58-53)39-31-32-45-44-21-10-12-25-49(44)56(50(45)35-39,40-17-6-2-7-18-40)41-19-8-3-9-20-41/h1-35H. The molecule has 2 aromatic heterocycles. The topological polar surface area (TPSA) is 51.8 Å². The van der Waals surface area contributed by atoms with Crippen LogP contribution in [0.1, 0.15) is 22.3 Å². The van der Waals surface area contributed by atoms with Crippen LogP contribution < -0.4 is 0 Å². The molecule has 0 saturated heterocycles. The summed E-state index contributed by atoms with van der Waals surface area (Å²) in [5, 5.41) is 4.50. The summed E-state index contributed by atoms with van der Waals surface area (Å²) in [6.07, 6.45) is 0. The highest BCUT2D eigenvalue weighted by Gasteiger charge is 2.46. The molecular formula is C56H35N3O. The number of fused-ring (bicyclic) bond motifs is 8. The summed E-state index contributed by atoms with van der Waals surface area (Å²) in [6, 6.07) is 75.1. The first-order chi connectivity index (χ1) is 29.7. The average Bonchev–Trinajstić information content (AvgIpc) is 3.86. The molecule has 12 rings (SSSR count). The Kier molecular flexibility index (Phi) is 7.72. The molecule has 9 aromatic carbocycles. The van der Waals surface area contributed by atoms with Gasteiger partial charge in [0.25, 0.3) is 0 Å². The van der Waals surface area contributed by atoms with Crippen molar-refractivity contribution in [2.24, 2.45) is 0 Å². The quantitative estimate of drug-likeness (QED) is 0.169. The molecule has 0 amide bonds. The van der Waals surface area contributed by atoms with Crippen LogP contribution in [-0.4, -0.2) is 15.0 Å². The molecule has 0 unspecified atom stereocenters. The van der Waals surface area contributed by atoms with E-state index in [2.05, 4.69) is 182 Å². The molecule has 1 aliphatic carbocycles. The van der Waals surface area contributed by atoms with Gasteiger partial charge < -0.3 is 4.42 Å². The highest BCUT2D eigenvalue weighted by Crippen LogP contribution is 2.56. The predicted molar refractivity (Wildman–Crippen MR) is 244 cm³/mol. The normalized spacial score (nSPS) is 12.8. The van der Waals surface area contributed by atoms with Gasteiger partial charge in [0.15, 0.2) is 17.5 Å². The van der Waals surface area contributed by atoms with E-state index in [1.54, 1.807) is 0 Å². The van der Waals surface area contributed by atoms with E-state index in [1.165, 1.54) is 33.4 Å². The van der Waals surface area contributed by atoms with Gasteiger partial charge in [-0.1, -0.05) is 194 Å². The van der Waals surface area contributed by atoms with Gasteiger partial charge in [-0.15, -0.1) is 0 Å². The molecule has 2 heterocycles. The minimum Gasteiger partial charge on any atom is -0.455 e. The van der Waals surface area contributed by atoms with Gasteiger partial charge in [0.2, 0.25) is 0 Å². The van der Waals surface area contributed by atoms with E-state index in [4.69, 9.17) is 19.4 Å². The van der Waals surface area contributed by atoms with Crippen LogP contribution in [0.3, 0.4) is 0 Å². The van der Waals surface area contributed by atoms with Crippen LogP contribution in [-0.2, 0) is 5.41 Å².